The molecule has 0 heterocycles. The molecule has 5 unspecified atom stereocenters. The molecule has 2 aliphatic carbocycles. The van der Waals surface area contributed by atoms with Crippen LogP contribution in [-0.2, 0) is 0 Å². The maximum atomic E-state index is 2.49. The summed E-state index contributed by atoms with van der Waals surface area (Å²) in [5, 5.41) is 0. The van der Waals surface area contributed by atoms with Gasteiger partial charge in [0.1, 0.15) is 0 Å². The summed E-state index contributed by atoms with van der Waals surface area (Å²) in [6, 6.07) is 0. The van der Waals surface area contributed by atoms with Crippen molar-refractivity contribution >= 4 is 0 Å². The normalized spacial score (nSPS) is 46.1. The van der Waals surface area contributed by atoms with Gasteiger partial charge in [0.15, 0.2) is 0 Å². The van der Waals surface area contributed by atoms with E-state index in [-0.39, 0.29) is 0 Å². The van der Waals surface area contributed by atoms with Gasteiger partial charge in [-0.05, 0) is 41.4 Å². The summed E-state index contributed by atoms with van der Waals surface area (Å²) in [4.78, 5) is 0. The Kier molecular flexibility index (Phi) is 2.44. The second kappa shape index (κ2) is 3.25. The van der Waals surface area contributed by atoms with Crippen molar-refractivity contribution in [2.75, 3.05) is 0 Å². The minimum Gasteiger partial charge on any atom is -0.0654 e. The summed E-state index contributed by atoms with van der Waals surface area (Å²) in [5.74, 6) is 5.14. The van der Waals surface area contributed by atoms with Crippen LogP contribution in [-0.4, -0.2) is 0 Å². The van der Waals surface area contributed by atoms with Crippen LogP contribution in [0.15, 0.2) is 0 Å². The Morgan fingerprint density at radius 2 is 2.00 bits per heavy atom. The maximum absolute atomic E-state index is 2.49. The lowest BCUT2D eigenvalue weighted by molar-refractivity contribution is 0.201. The SMILES string of the molecule is CCCC(C)C1C(C)CC2C1C2(C)C. The number of hydrogen-bond acceptors (Lipinski definition) is 0. The Morgan fingerprint density at radius 3 is 2.50 bits per heavy atom. The first-order chi connectivity index (χ1) is 6.50. The summed E-state index contributed by atoms with van der Waals surface area (Å²) in [5.41, 5.74) is 0.694. The van der Waals surface area contributed by atoms with Crippen LogP contribution in [0, 0.1) is 35.0 Å². The van der Waals surface area contributed by atoms with Gasteiger partial charge in [0, 0.05) is 0 Å². The predicted octanol–water partition coefficient (Wildman–Crippen LogP) is 4.35. The van der Waals surface area contributed by atoms with E-state index in [0.29, 0.717) is 5.41 Å². The molecular formula is C14H26. The largest absolute Gasteiger partial charge is 0.0654 e. The van der Waals surface area contributed by atoms with Crippen LogP contribution >= 0.6 is 0 Å². The van der Waals surface area contributed by atoms with Crippen LogP contribution in [0.4, 0.5) is 0 Å². The molecule has 5 atom stereocenters. The molecule has 0 radical (unpaired) electrons. The molecule has 0 bridgehead atoms. The van der Waals surface area contributed by atoms with E-state index in [9.17, 15) is 0 Å². The van der Waals surface area contributed by atoms with Crippen LogP contribution in [0.1, 0.15) is 53.9 Å². The number of rotatable bonds is 3. The lowest BCUT2D eigenvalue weighted by Crippen LogP contribution is -2.22. The molecule has 14 heavy (non-hydrogen) atoms. The second-order valence-corrected chi connectivity index (χ2v) is 6.51. The Bertz CT molecular complexity index is 216. The zero-order valence-electron chi connectivity index (χ0n) is 10.5. The smallest absolute Gasteiger partial charge is 0.0289 e. The monoisotopic (exact) mass is 194 g/mol. The molecule has 0 aromatic carbocycles. The van der Waals surface area contributed by atoms with Crippen LogP contribution < -0.4 is 0 Å². The zero-order chi connectivity index (χ0) is 10.5. The third-order valence-electron chi connectivity index (χ3n) is 5.24. The van der Waals surface area contributed by atoms with Gasteiger partial charge in [0.05, 0.1) is 0 Å². The Hall–Kier alpha value is 0. The van der Waals surface area contributed by atoms with Crippen molar-refractivity contribution in [1.29, 1.82) is 0 Å². The number of fused-ring (bicyclic) bond motifs is 1. The fourth-order valence-corrected chi connectivity index (χ4v) is 4.48. The molecule has 0 aromatic heterocycles. The van der Waals surface area contributed by atoms with Gasteiger partial charge in [-0.25, -0.2) is 0 Å². The van der Waals surface area contributed by atoms with Crippen LogP contribution in [0.25, 0.3) is 0 Å². The molecule has 82 valence electrons. The second-order valence-electron chi connectivity index (χ2n) is 6.51. The van der Waals surface area contributed by atoms with E-state index in [2.05, 4.69) is 34.6 Å². The summed E-state index contributed by atoms with van der Waals surface area (Å²) in [7, 11) is 0. The third kappa shape index (κ3) is 1.33. The first kappa shape index (κ1) is 10.5. The fourth-order valence-electron chi connectivity index (χ4n) is 4.48. The zero-order valence-corrected chi connectivity index (χ0v) is 10.5. The quantitative estimate of drug-likeness (QED) is 0.626. The van der Waals surface area contributed by atoms with Crippen molar-refractivity contribution in [3.63, 3.8) is 0 Å². The van der Waals surface area contributed by atoms with Crippen LogP contribution in [0.3, 0.4) is 0 Å². The Labute approximate surface area is 89.5 Å². The molecule has 0 heteroatoms. The Morgan fingerprint density at radius 1 is 1.36 bits per heavy atom. The molecule has 0 aliphatic heterocycles. The minimum atomic E-state index is 0.694. The highest BCUT2D eigenvalue weighted by Gasteiger charge is 2.66. The summed E-state index contributed by atoms with van der Waals surface area (Å²) in [6.45, 7) is 12.3. The minimum absolute atomic E-state index is 0.694. The van der Waals surface area contributed by atoms with E-state index in [4.69, 9.17) is 0 Å². The first-order valence-corrected chi connectivity index (χ1v) is 6.50. The lowest BCUT2D eigenvalue weighted by atomic mass is 9.76. The molecule has 2 saturated carbocycles. The molecule has 2 aliphatic rings. The first-order valence-electron chi connectivity index (χ1n) is 6.50. The molecule has 0 amide bonds. The summed E-state index contributed by atoms with van der Waals surface area (Å²) < 4.78 is 0. The van der Waals surface area contributed by atoms with Gasteiger partial charge in [-0.2, -0.15) is 0 Å². The molecule has 2 rings (SSSR count). The van der Waals surface area contributed by atoms with Gasteiger partial charge in [0.25, 0.3) is 0 Å². The standard InChI is InChI=1S/C14H26/c1-6-7-9(2)12-10(3)8-11-13(12)14(11,4)5/h9-13H,6-8H2,1-5H3. The third-order valence-corrected chi connectivity index (χ3v) is 5.24. The highest BCUT2D eigenvalue weighted by Crippen LogP contribution is 2.72. The van der Waals surface area contributed by atoms with Gasteiger partial charge >= 0.3 is 0 Å². The van der Waals surface area contributed by atoms with E-state index in [1.54, 1.807) is 0 Å². The van der Waals surface area contributed by atoms with Crippen molar-refractivity contribution in [1.82, 2.24) is 0 Å². The van der Waals surface area contributed by atoms with Gasteiger partial charge in [-0.3, -0.25) is 0 Å². The molecule has 2 fully saturated rings. The van der Waals surface area contributed by atoms with Crippen LogP contribution in [0.2, 0.25) is 0 Å². The molecular weight excluding hydrogens is 168 g/mol. The average Bonchev–Trinajstić information content (AvgIpc) is 2.48. The van der Waals surface area contributed by atoms with Gasteiger partial charge in [0.2, 0.25) is 0 Å². The molecule has 0 spiro atoms. The summed E-state index contributed by atoms with van der Waals surface area (Å²) in [6.07, 6.45) is 4.31. The van der Waals surface area contributed by atoms with E-state index in [0.717, 1.165) is 29.6 Å². The molecule has 0 aromatic rings. The van der Waals surface area contributed by atoms with E-state index >= 15 is 0 Å². The average molecular weight is 194 g/mol. The highest BCUT2D eigenvalue weighted by molar-refractivity contribution is 5.14. The van der Waals surface area contributed by atoms with Crippen LogP contribution in [0.5, 0.6) is 0 Å². The van der Waals surface area contributed by atoms with Crippen molar-refractivity contribution in [3.8, 4) is 0 Å². The Balaban J connectivity index is 2.04. The van der Waals surface area contributed by atoms with Crippen molar-refractivity contribution in [2.24, 2.45) is 35.0 Å². The van der Waals surface area contributed by atoms with E-state index in [1.165, 1.54) is 19.3 Å². The van der Waals surface area contributed by atoms with E-state index < -0.39 is 0 Å². The molecule has 0 N–H and O–H groups in total. The molecule has 0 nitrogen and oxygen atoms in total. The van der Waals surface area contributed by atoms with Crippen molar-refractivity contribution in [2.45, 2.75) is 53.9 Å². The van der Waals surface area contributed by atoms with Crippen molar-refractivity contribution < 1.29 is 0 Å². The number of hydrogen-bond donors (Lipinski definition) is 0. The lowest BCUT2D eigenvalue weighted by Gasteiger charge is -2.29. The van der Waals surface area contributed by atoms with Crippen molar-refractivity contribution in [3.05, 3.63) is 0 Å². The summed E-state index contributed by atoms with van der Waals surface area (Å²) >= 11 is 0. The van der Waals surface area contributed by atoms with Gasteiger partial charge in [-0.1, -0.05) is 47.5 Å². The van der Waals surface area contributed by atoms with Gasteiger partial charge < -0.3 is 0 Å². The fraction of sp³-hybridized carbons (Fsp3) is 1.00. The predicted molar refractivity (Wildman–Crippen MR) is 62.1 cm³/mol. The topological polar surface area (TPSA) is 0 Å². The highest BCUT2D eigenvalue weighted by atomic mass is 14.7. The van der Waals surface area contributed by atoms with E-state index in [1.807, 2.05) is 0 Å². The van der Waals surface area contributed by atoms with Gasteiger partial charge in [-0.15, -0.1) is 0 Å². The molecule has 0 saturated heterocycles. The maximum Gasteiger partial charge on any atom is -0.0289 e.